The maximum atomic E-state index is 13.7. The fourth-order valence-corrected chi connectivity index (χ4v) is 3.84. The Hall–Kier alpha value is -0.610. The van der Waals surface area contributed by atoms with Crippen molar-refractivity contribution in [2.24, 2.45) is 0 Å². The van der Waals surface area contributed by atoms with Gasteiger partial charge in [-0.2, -0.15) is 0 Å². The van der Waals surface area contributed by atoms with E-state index in [1.807, 2.05) is 7.05 Å². The fourth-order valence-electron chi connectivity index (χ4n) is 2.48. The number of benzene rings is 1. The number of halogens is 2. The Morgan fingerprint density at radius 2 is 1.94 bits per heavy atom. The molecule has 1 nitrogen and oxygen atoms in total. The summed E-state index contributed by atoms with van der Waals surface area (Å²) in [7, 11) is 1.96. The van der Waals surface area contributed by atoms with E-state index >= 15 is 0 Å². The molecule has 2 rings (SSSR count). The highest BCUT2D eigenvalue weighted by atomic mass is 32.2. The van der Waals surface area contributed by atoms with Crippen LogP contribution in [0.5, 0.6) is 0 Å². The second-order valence-corrected chi connectivity index (χ2v) is 6.05. The van der Waals surface area contributed by atoms with Crippen LogP contribution in [0, 0.1) is 11.6 Å². The molecule has 0 saturated heterocycles. The normalized spacial score (nSPS) is 24.8. The highest BCUT2D eigenvalue weighted by Crippen LogP contribution is 2.34. The van der Waals surface area contributed by atoms with Crippen molar-refractivity contribution < 1.29 is 8.78 Å². The summed E-state index contributed by atoms with van der Waals surface area (Å²) in [5.41, 5.74) is 0. The van der Waals surface area contributed by atoms with Crippen molar-refractivity contribution in [2.45, 2.75) is 48.3 Å². The van der Waals surface area contributed by atoms with Crippen molar-refractivity contribution in [2.75, 3.05) is 7.05 Å². The van der Waals surface area contributed by atoms with Crippen LogP contribution >= 0.6 is 11.8 Å². The van der Waals surface area contributed by atoms with Gasteiger partial charge in [-0.3, -0.25) is 0 Å². The maximum Gasteiger partial charge on any atom is 0.139 e. The van der Waals surface area contributed by atoms with Crippen LogP contribution in [0.3, 0.4) is 0 Å². The van der Waals surface area contributed by atoms with Crippen LogP contribution in [-0.4, -0.2) is 18.3 Å². The van der Waals surface area contributed by atoms with Gasteiger partial charge in [-0.1, -0.05) is 19.3 Å². The molecule has 2 unspecified atom stereocenters. The minimum Gasteiger partial charge on any atom is -0.316 e. The molecule has 2 atom stereocenters. The molecule has 0 radical (unpaired) electrons. The number of hydrogen-bond acceptors (Lipinski definition) is 2. The molecular weight excluding hydrogens is 252 g/mol. The average Bonchev–Trinajstić information content (AvgIpc) is 2.57. The maximum absolute atomic E-state index is 13.7. The van der Waals surface area contributed by atoms with E-state index < -0.39 is 11.6 Å². The van der Waals surface area contributed by atoms with Crippen molar-refractivity contribution in [3.63, 3.8) is 0 Å². The van der Waals surface area contributed by atoms with Gasteiger partial charge in [-0.25, -0.2) is 8.78 Å². The van der Waals surface area contributed by atoms with E-state index in [-0.39, 0.29) is 0 Å². The van der Waals surface area contributed by atoms with Gasteiger partial charge in [0.05, 0.1) is 0 Å². The van der Waals surface area contributed by atoms with Crippen LogP contribution < -0.4 is 5.32 Å². The monoisotopic (exact) mass is 271 g/mol. The topological polar surface area (TPSA) is 12.0 Å². The largest absolute Gasteiger partial charge is 0.316 e. The molecule has 0 amide bonds. The van der Waals surface area contributed by atoms with Gasteiger partial charge in [0.2, 0.25) is 0 Å². The Kier molecular flexibility index (Phi) is 5.01. The molecule has 18 heavy (non-hydrogen) atoms. The number of thioether (sulfide) groups is 1. The minimum atomic E-state index is -0.511. The van der Waals surface area contributed by atoms with Crippen LogP contribution in [0.4, 0.5) is 8.78 Å². The summed E-state index contributed by atoms with van der Waals surface area (Å²) in [4.78, 5) is 0.559. The Morgan fingerprint density at radius 3 is 2.67 bits per heavy atom. The van der Waals surface area contributed by atoms with E-state index in [4.69, 9.17) is 0 Å². The first-order valence-electron chi connectivity index (χ1n) is 6.49. The van der Waals surface area contributed by atoms with Gasteiger partial charge in [-0.15, -0.1) is 11.8 Å². The van der Waals surface area contributed by atoms with E-state index in [2.05, 4.69) is 5.32 Å². The molecule has 1 fully saturated rings. The Balaban J connectivity index is 2.10. The summed E-state index contributed by atoms with van der Waals surface area (Å²) in [5.74, 6) is -0.956. The zero-order valence-corrected chi connectivity index (χ0v) is 11.4. The van der Waals surface area contributed by atoms with Crippen LogP contribution in [0.15, 0.2) is 23.1 Å². The van der Waals surface area contributed by atoms with E-state index in [1.54, 1.807) is 17.8 Å². The van der Waals surface area contributed by atoms with E-state index in [0.29, 0.717) is 16.2 Å². The molecule has 1 aliphatic rings. The molecule has 1 N–H and O–H groups in total. The standard InChI is InChI=1S/C14H19F2NS/c1-17-12-5-3-2-4-6-14(12)18-13-8-7-10(15)9-11(13)16/h7-9,12,14,17H,2-6H2,1H3. The lowest BCUT2D eigenvalue weighted by molar-refractivity contribution is 0.508. The molecule has 0 heterocycles. The molecule has 0 bridgehead atoms. The van der Waals surface area contributed by atoms with Crippen molar-refractivity contribution in [1.82, 2.24) is 5.32 Å². The van der Waals surface area contributed by atoms with Gasteiger partial charge in [-0.05, 0) is 32.0 Å². The van der Waals surface area contributed by atoms with Crippen molar-refractivity contribution in [1.29, 1.82) is 0 Å². The van der Waals surface area contributed by atoms with Crippen LogP contribution in [0.25, 0.3) is 0 Å². The third kappa shape index (κ3) is 3.45. The summed E-state index contributed by atoms with van der Waals surface area (Å²) >= 11 is 1.54. The molecule has 1 aliphatic carbocycles. The zero-order valence-electron chi connectivity index (χ0n) is 10.6. The molecule has 1 saturated carbocycles. The van der Waals surface area contributed by atoms with E-state index in [0.717, 1.165) is 18.9 Å². The van der Waals surface area contributed by atoms with Crippen molar-refractivity contribution >= 4 is 11.8 Å². The third-order valence-corrected chi connectivity index (χ3v) is 4.95. The SMILES string of the molecule is CNC1CCCCCC1Sc1ccc(F)cc1F. The highest BCUT2D eigenvalue weighted by Gasteiger charge is 2.24. The number of hydrogen-bond donors (Lipinski definition) is 1. The molecule has 1 aromatic carbocycles. The highest BCUT2D eigenvalue weighted by molar-refractivity contribution is 8.00. The predicted octanol–water partition coefficient (Wildman–Crippen LogP) is 3.98. The second kappa shape index (κ2) is 6.53. The van der Waals surface area contributed by atoms with Gasteiger partial charge in [0.15, 0.2) is 0 Å². The van der Waals surface area contributed by atoms with Gasteiger partial charge in [0.1, 0.15) is 11.6 Å². The lowest BCUT2D eigenvalue weighted by Gasteiger charge is -2.24. The van der Waals surface area contributed by atoms with Gasteiger partial charge >= 0.3 is 0 Å². The van der Waals surface area contributed by atoms with Gasteiger partial charge < -0.3 is 5.32 Å². The Labute approximate surface area is 111 Å². The molecule has 0 aliphatic heterocycles. The Morgan fingerprint density at radius 1 is 1.17 bits per heavy atom. The number of rotatable bonds is 3. The van der Waals surface area contributed by atoms with Crippen molar-refractivity contribution in [3.8, 4) is 0 Å². The molecule has 1 aromatic rings. The first kappa shape index (κ1) is 13.8. The lowest BCUT2D eigenvalue weighted by Crippen LogP contribution is -2.34. The van der Waals surface area contributed by atoms with Crippen molar-refractivity contribution in [3.05, 3.63) is 29.8 Å². The van der Waals surface area contributed by atoms with Crippen LogP contribution in [-0.2, 0) is 0 Å². The van der Waals surface area contributed by atoms with E-state index in [1.165, 1.54) is 25.3 Å². The zero-order chi connectivity index (χ0) is 13.0. The second-order valence-electron chi connectivity index (χ2n) is 4.76. The van der Waals surface area contributed by atoms with E-state index in [9.17, 15) is 8.78 Å². The summed E-state index contributed by atoms with van der Waals surface area (Å²) in [6.07, 6.45) is 5.90. The van der Waals surface area contributed by atoms with Gasteiger partial charge in [0, 0.05) is 22.3 Å². The first-order valence-corrected chi connectivity index (χ1v) is 7.37. The quantitative estimate of drug-likeness (QED) is 0.835. The third-order valence-electron chi connectivity index (χ3n) is 3.50. The summed E-state index contributed by atoms with van der Waals surface area (Å²) in [6, 6.07) is 4.26. The molecular formula is C14H19F2NS. The number of nitrogens with one attached hydrogen (secondary N) is 1. The Bertz CT molecular complexity index is 397. The lowest BCUT2D eigenvalue weighted by atomic mass is 10.1. The van der Waals surface area contributed by atoms with Gasteiger partial charge in [0.25, 0.3) is 0 Å². The first-order chi connectivity index (χ1) is 8.70. The minimum absolute atomic E-state index is 0.373. The smallest absolute Gasteiger partial charge is 0.139 e. The van der Waals surface area contributed by atoms with Crippen LogP contribution in [0.2, 0.25) is 0 Å². The molecule has 100 valence electrons. The predicted molar refractivity (Wildman–Crippen MR) is 71.9 cm³/mol. The fraction of sp³-hybridized carbons (Fsp3) is 0.571. The molecule has 0 aromatic heterocycles. The summed E-state index contributed by atoms with van der Waals surface area (Å²) in [6.45, 7) is 0. The summed E-state index contributed by atoms with van der Waals surface area (Å²) in [5, 5.41) is 3.70. The summed E-state index contributed by atoms with van der Waals surface area (Å²) < 4.78 is 26.5. The average molecular weight is 271 g/mol. The molecule has 4 heteroatoms. The van der Waals surface area contributed by atoms with Crippen LogP contribution in [0.1, 0.15) is 32.1 Å². The molecule has 0 spiro atoms.